The lowest BCUT2D eigenvalue weighted by atomic mass is 10.1. The molecule has 0 saturated heterocycles. The van der Waals surface area contributed by atoms with Gasteiger partial charge >= 0.3 is 11.9 Å². The quantitative estimate of drug-likeness (QED) is 0.173. The van der Waals surface area contributed by atoms with E-state index in [0.717, 1.165) is 18.2 Å². The SMILES string of the molecule is COC(=O)c1ccc(C=NNc2ccc([N+](=O)[O-])cc2S(=O)(=O)Nc2ccccc2C(=O)O)cc1. The van der Waals surface area contributed by atoms with Crippen molar-refractivity contribution in [3.63, 3.8) is 0 Å². The fourth-order valence-corrected chi connectivity index (χ4v) is 4.15. The molecule has 35 heavy (non-hydrogen) atoms. The van der Waals surface area contributed by atoms with E-state index in [-0.39, 0.29) is 16.9 Å². The molecule has 0 amide bonds. The number of nitrogens with zero attached hydrogens (tertiary/aromatic N) is 2. The molecule has 0 unspecified atom stereocenters. The molecule has 0 atom stereocenters. The van der Waals surface area contributed by atoms with E-state index in [9.17, 15) is 33.2 Å². The smallest absolute Gasteiger partial charge is 0.337 e. The molecule has 180 valence electrons. The fraction of sp³-hybridized carbons (Fsp3) is 0.0455. The van der Waals surface area contributed by atoms with Crippen molar-refractivity contribution in [3.8, 4) is 0 Å². The molecule has 13 heteroatoms. The highest BCUT2D eigenvalue weighted by Gasteiger charge is 2.24. The molecular formula is C22H18N4O8S. The summed E-state index contributed by atoms with van der Waals surface area (Å²) in [5.74, 6) is -1.87. The van der Waals surface area contributed by atoms with Gasteiger partial charge in [-0.3, -0.25) is 20.3 Å². The number of hydrazone groups is 1. The van der Waals surface area contributed by atoms with Crippen LogP contribution in [0.3, 0.4) is 0 Å². The zero-order valence-electron chi connectivity index (χ0n) is 18.0. The Balaban J connectivity index is 1.92. The molecule has 0 heterocycles. The number of esters is 1. The zero-order chi connectivity index (χ0) is 25.6. The number of hydrogen-bond acceptors (Lipinski definition) is 9. The van der Waals surface area contributed by atoms with E-state index in [1.54, 1.807) is 12.1 Å². The van der Waals surface area contributed by atoms with E-state index < -0.39 is 37.5 Å². The van der Waals surface area contributed by atoms with E-state index in [4.69, 9.17) is 0 Å². The van der Waals surface area contributed by atoms with E-state index in [2.05, 4.69) is 20.0 Å². The first kappa shape index (κ1) is 24.9. The van der Waals surface area contributed by atoms with Crippen molar-refractivity contribution < 1.29 is 32.8 Å². The van der Waals surface area contributed by atoms with Gasteiger partial charge in [0, 0.05) is 12.1 Å². The Morgan fingerprint density at radius 1 is 1.06 bits per heavy atom. The predicted octanol–water partition coefficient (Wildman–Crippen LogP) is 3.33. The molecular weight excluding hydrogens is 480 g/mol. The molecule has 0 aromatic heterocycles. The van der Waals surface area contributed by atoms with Gasteiger partial charge in [0.25, 0.3) is 15.7 Å². The summed E-state index contributed by atoms with van der Waals surface area (Å²) in [6.07, 6.45) is 1.34. The number of benzene rings is 3. The second kappa shape index (κ2) is 10.4. The normalized spacial score (nSPS) is 11.1. The Morgan fingerprint density at radius 3 is 2.37 bits per heavy atom. The van der Waals surface area contributed by atoms with Gasteiger partial charge in [-0.2, -0.15) is 5.10 Å². The van der Waals surface area contributed by atoms with Crippen LogP contribution in [0, 0.1) is 10.1 Å². The summed E-state index contributed by atoms with van der Waals surface area (Å²) in [5.41, 5.74) is 2.30. The second-order valence-corrected chi connectivity index (χ2v) is 8.53. The number of methoxy groups -OCH3 is 1. The number of hydrogen-bond donors (Lipinski definition) is 3. The summed E-state index contributed by atoms with van der Waals surface area (Å²) in [5, 5.41) is 24.5. The van der Waals surface area contributed by atoms with E-state index in [1.165, 1.54) is 49.7 Å². The van der Waals surface area contributed by atoms with Gasteiger partial charge in [0.2, 0.25) is 0 Å². The number of aromatic carboxylic acids is 1. The van der Waals surface area contributed by atoms with Crippen LogP contribution in [0.2, 0.25) is 0 Å². The van der Waals surface area contributed by atoms with Gasteiger partial charge in [-0.25, -0.2) is 18.0 Å². The third kappa shape index (κ3) is 5.97. The fourth-order valence-electron chi connectivity index (χ4n) is 2.90. The first-order valence-electron chi connectivity index (χ1n) is 9.73. The van der Waals surface area contributed by atoms with Crippen LogP contribution in [0.5, 0.6) is 0 Å². The Hall–Kier alpha value is -4.78. The topological polar surface area (TPSA) is 177 Å². The summed E-state index contributed by atoms with van der Waals surface area (Å²) in [7, 11) is -3.22. The number of carboxylic acid groups (broad SMARTS) is 1. The largest absolute Gasteiger partial charge is 0.478 e. The number of anilines is 2. The number of ether oxygens (including phenoxy) is 1. The molecule has 3 aromatic carbocycles. The summed E-state index contributed by atoms with van der Waals surface area (Å²) in [4.78, 5) is 32.9. The number of nitro groups is 1. The molecule has 3 N–H and O–H groups in total. The van der Waals surface area contributed by atoms with Crippen molar-refractivity contribution in [1.29, 1.82) is 0 Å². The number of sulfonamides is 1. The van der Waals surface area contributed by atoms with Crippen molar-refractivity contribution in [2.75, 3.05) is 17.3 Å². The number of rotatable bonds is 9. The van der Waals surface area contributed by atoms with Gasteiger partial charge < -0.3 is 9.84 Å². The molecule has 0 bridgehead atoms. The molecule has 0 aliphatic carbocycles. The van der Waals surface area contributed by atoms with Gasteiger partial charge in [0.05, 0.1) is 40.7 Å². The van der Waals surface area contributed by atoms with E-state index in [0.29, 0.717) is 11.1 Å². The Labute approximate surface area is 199 Å². The molecule has 0 fully saturated rings. The average Bonchev–Trinajstić information content (AvgIpc) is 2.84. The number of carbonyl (C=O) groups is 2. The van der Waals surface area contributed by atoms with Crippen molar-refractivity contribution in [2.45, 2.75) is 4.90 Å². The van der Waals surface area contributed by atoms with Crippen molar-refractivity contribution >= 4 is 45.2 Å². The number of non-ortho nitro benzene ring substituents is 1. The zero-order valence-corrected chi connectivity index (χ0v) is 18.9. The van der Waals surface area contributed by atoms with Crippen LogP contribution in [-0.4, -0.2) is 43.7 Å². The monoisotopic (exact) mass is 498 g/mol. The highest BCUT2D eigenvalue weighted by atomic mass is 32.2. The second-order valence-electron chi connectivity index (χ2n) is 6.88. The van der Waals surface area contributed by atoms with Gasteiger partial charge in [-0.1, -0.05) is 24.3 Å². The van der Waals surface area contributed by atoms with Gasteiger partial charge in [-0.05, 0) is 35.9 Å². The maximum absolute atomic E-state index is 13.1. The maximum Gasteiger partial charge on any atom is 0.337 e. The predicted molar refractivity (Wildman–Crippen MR) is 126 cm³/mol. The van der Waals surface area contributed by atoms with E-state index >= 15 is 0 Å². The van der Waals surface area contributed by atoms with E-state index in [1.807, 2.05) is 0 Å². The highest BCUT2D eigenvalue weighted by Crippen LogP contribution is 2.29. The molecule has 0 aliphatic heterocycles. The molecule has 12 nitrogen and oxygen atoms in total. The lowest BCUT2D eigenvalue weighted by Gasteiger charge is -2.13. The third-order valence-corrected chi connectivity index (χ3v) is 6.00. The summed E-state index contributed by atoms with van der Waals surface area (Å²) >= 11 is 0. The van der Waals surface area contributed by atoms with Crippen LogP contribution >= 0.6 is 0 Å². The van der Waals surface area contributed by atoms with Crippen molar-refractivity contribution in [2.24, 2.45) is 5.10 Å². The van der Waals surface area contributed by atoms with Crippen LogP contribution in [-0.2, 0) is 14.8 Å². The number of para-hydroxylation sites is 1. The number of nitrogens with one attached hydrogen (secondary N) is 2. The summed E-state index contributed by atoms with van der Waals surface area (Å²) in [6.45, 7) is 0. The summed E-state index contributed by atoms with van der Waals surface area (Å²) in [6, 6.07) is 14.6. The Bertz CT molecular complexity index is 1420. The summed E-state index contributed by atoms with van der Waals surface area (Å²) < 4.78 is 32.9. The van der Waals surface area contributed by atoms with Gasteiger partial charge in [0.1, 0.15) is 4.90 Å². The average molecular weight is 498 g/mol. The Kier molecular flexibility index (Phi) is 7.41. The first-order chi connectivity index (χ1) is 16.6. The lowest BCUT2D eigenvalue weighted by molar-refractivity contribution is -0.385. The van der Waals surface area contributed by atoms with Gasteiger partial charge in [-0.15, -0.1) is 0 Å². The maximum atomic E-state index is 13.1. The standard InChI is InChI=1S/C22H18N4O8S/c1-34-22(29)15-8-6-14(7-9-15)13-23-24-19-11-10-16(26(30)31)12-20(19)35(32,33)25-18-5-3-2-4-17(18)21(27)28/h2-13,24-25H,1H3,(H,27,28). The van der Waals surface area contributed by atoms with Crippen LogP contribution in [0.4, 0.5) is 17.1 Å². The molecule has 3 rings (SSSR count). The van der Waals surface area contributed by atoms with Gasteiger partial charge in [0.15, 0.2) is 0 Å². The first-order valence-corrected chi connectivity index (χ1v) is 11.2. The minimum Gasteiger partial charge on any atom is -0.478 e. The highest BCUT2D eigenvalue weighted by molar-refractivity contribution is 7.93. The minimum absolute atomic E-state index is 0.0988. The molecule has 3 aromatic rings. The molecule has 0 saturated carbocycles. The Morgan fingerprint density at radius 2 is 1.74 bits per heavy atom. The number of carbonyl (C=O) groups excluding carboxylic acids is 1. The van der Waals surface area contributed by atoms with Crippen LogP contribution in [0.15, 0.2) is 76.7 Å². The van der Waals surface area contributed by atoms with Crippen LogP contribution < -0.4 is 10.1 Å². The third-order valence-electron chi connectivity index (χ3n) is 4.60. The van der Waals surface area contributed by atoms with Crippen LogP contribution in [0.1, 0.15) is 26.3 Å². The number of carboxylic acids is 1. The van der Waals surface area contributed by atoms with Crippen molar-refractivity contribution in [3.05, 3.63) is 93.5 Å². The molecule has 0 spiro atoms. The number of nitro benzene ring substituents is 1. The van der Waals surface area contributed by atoms with Crippen molar-refractivity contribution in [1.82, 2.24) is 0 Å². The molecule has 0 radical (unpaired) electrons. The minimum atomic E-state index is -4.47. The van der Waals surface area contributed by atoms with Crippen LogP contribution in [0.25, 0.3) is 0 Å². The lowest BCUT2D eigenvalue weighted by Crippen LogP contribution is -2.17. The molecule has 0 aliphatic rings.